The van der Waals surface area contributed by atoms with Crippen LogP contribution in [0.15, 0.2) is 18.3 Å². The number of anilines is 1. The van der Waals surface area contributed by atoms with E-state index in [4.69, 9.17) is 5.26 Å². The van der Waals surface area contributed by atoms with E-state index in [1.165, 1.54) is 12.8 Å². The van der Waals surface area contributed by atoms with Crippen molar-refractivity contribution in [3.05, 3.63) is 24.0 Å². The highest BCUT2D eigenvalue weighted by Gasteiger charge is 2.31. The second-order valence-electron chi connectivity index (χ2n) is 4.58. The second-order valence-corrected chi connectivity index (χ2v) is 4.58. The van der Waals surface area contributed by atoms with Crippen LogP contribution in [0.1, 0.15) is 32.4 Å². The van der Waals surface area contributed by atoms with Crippen molar-refractivity contribution in [1.29, 1.82) is 5.26 Å². The molecule has 15 heavy (non-hydrogen) atoms. The van der Waals surface area contributed by atoms with Crippen LogP contribution in [-0.2, 0) is 0 Å². The smallest absolute Gasteiger partial charge is 0.140 e. The second kappa shape index (κ2) is 3.54. The Morgan fingerprint density at radius 2 is 2.27 bits per heavy atom. The summed E-state index contributed by atoms with van der Waals surface area (Å²) in [5.74, 6) is 0. The maximum Gasteiger partial charge on any atom is 0.140 e. The van der Waals surface area contributed by atoms with Crippen molar-refractivity contribution in [1.82, 2.24) is 4.98 Å². The van der Waals surface area contributed by atoms with Crippen LogP contribution in [0.25, 0.3) is 0 Å². The van der Waals surface area contributed by atoms with Gasteiger partial charge in [0.15, 0.2) is 0 Å². The normalized spacial score (nSPS) is 18.9. The SMILES string of the molecule is CC1(C)CCCN1c1ccc(C#N)nc1. The van der Waals surface area contributed by atoms with Crippen LogP contribution in [0.2, 0.25) is 0 Å². The van der Waals surface area contributed by atoms with Gasteiger partial charge < -0.3 is 4.90 Å². The molecule has 0 amide bonds. The predicted octanol–water partition coefficient (Wildman–Crippen LogP) is 2.33. The fourth-order valence-corrected chi connectivity index (χ4v) is 2.20. The Bertz CT molecular complexity index is 386. The van der Waals surface area contributed by atoms with Gasteiger partial charge in [0.2, 0.25) is 0 Å². The molecule has 0 saturated carbocycles. The Kier molecular flexibility index (Phi) is 2.36. The maximum atomic E-state index is 8.67. The van der Waals surface area contributed by atoms with E-state index in [-0.39, 0.29) is 5.54 Å². The summed E-state index contributed by atoms with van der Waals surface area (Å²) < 4.78 is 0. The monoisotopic (exact) mass is 201 g/mol. The number of hydrogen-bond acceptors (Lipinski definition) is 3. The summed E-state index contributed by atoms with van der Waals surface area (Å²) in [7, 11) is 0. The molecule has 0 bridgehead atoms. The molecule has 1 aromatic rings. The molecule has 2 rings (SSSR count). The Labute approximate surface area is 90.4 Å². The standard InChI is InChI=1S/C12H15N3/c1-12(2)6-3-7-15(12)11-5-4-10(8-13)14-9-11/h4-5,9H,3,6-7H2,1-2H3. The molecule has 0 radical (unpaired) electrons. The first kappa shape index (κ1) is 9.97. The van der Waals surface area contributed by atoms with Crippen molar-refractivity contribution in [3.63, 3.8) is 0 Å². The van der Waals surface area contributed by atoms with Crippen LogP contribution in [0.4, 0.5) is 5.69 Å². The van der Waals surface area contributed by atoms with E-state index in [1.54, 1.807) is 12.3 Å². The predicted molar refractivity (Wildman–Crippen MR) is 59.6 cm³/mol. The molecule has 78 valence electrons. The zero-order chi connectivity index (χ0) is 10.9. The first-order chi connectivity index (χ1) is 7.13. The molecule has 1 aliphatic rings. The van der Waals surface area contributed by atoms with E-state index in [2.05, 4.69) is 23.7 Å². The van der Waals surface area contributed by atoms with Gasteiger partial charge in [0, 0.05) is 12.1 Å². The topological polar surface area (TPSA) is 39.9 Å². The number of pyridine rings is 1. The summed E-state index contributed by atoms with van der Waals surface area (Å²) >= 11 is 0. The summed E-state index contributed by atoms with van der Waals surface area (Å²) in [6.45, 7) is 5.58. The lowest BCUT2D eigenvalue weighted by atomic mass is 10.0. The van der Waals surface area contributed by atoms with Gasteiger partial charge in [0.25, 0.3) is 0 Å². The highest BCUT2D eigenvalue weighted by molar-refractivity contribution is 5.49. The Hall–Kier alpha value is -1.56. The molecular weight excluding hydrogens is 186 g/mol. The van der Waals surface area contributed by atoms with E-state index in [9.17, 15) is 0 Å². The van der Waals surface area contributed by atoms with Crippen molar-refractivity contribution < 1.29 is 0 Å². The molecule has 3 heteroatoms. The van der Waals surface area contributed by atoms with Gasteiger partial charge in [-0.05, 0) is 38.8 Å². The summed E-state index contributed by atoms with van der Waals surface area (Å²) in [5, 5.41) is 8.67. The summed E-state index contributed by atoms with van der Waals surface area (Å²) in [6, 6.07) is 5.80. The Balaban J connectivity index is 2.27. The van der Waals surface area contributed by atoms with E-state index in [0.717, 1.165) is 12.2 Å². The van der Waals surface area contributed by atoms with Crippen LogP contribution < -0.4 is 4.90 Å². The van der Waals surface area contributed by atoms with Gasteiger partial charge in [-0.25, -0.2) is 4.98 Å². The van der Waals surface area contributed by atoms with Gasteiger partial charge in [-0.2, -0.15) is 5.26 Å². The number of aromatic nitrogens is 1. The van der Waals surface area contributed by atoms with Crippen LogP contribution in [-0.4, -0.2) is 17.1 Å². The molecule has 0 aliphatic carbocycles. The van der Waals surface area contributed by atoms with E-state index < -0.39 is 0 Å². The molecule has 1 aliphatic heterocycles. The zero-order valence-corrected chi connectivity index (χ0v) is 9.20. The van der Waals surface area contributed by atoms with Gasteiger partial charge in [0.1, 0.15) is 11.8 Å². The fraction of sp³-hybridized carbons (Fsp3) is 0.500. The fourth-order valence-electron chi connectivity index (χ4n) is 2.20. The molecule has 0 spiro atoms. The zero-order valence-electron chi connectivity index (χ0n) is 9.20. The lowest BCUT2D eigenvalue weighted by molar-refractivity contribution is 0.517. The third kappa shape index (κ3) is 1.80. The molecule has 2 heterocycles. The van der Waals surface area contributed by atoms with Gasteiger partial charge in [-0.15, -0.1) is 0 Å². The molecule has 1 aromatic heterocycles. The Morgan fingerprint density at radius 3 is 2.73 bits per heavy atom. The minimum Gasteiger partial charge on any atom is -0.365 e. The van der Waals surface area contributed by atoms with Crippen LogP contribution in [0, 0.1) is 11.3 Å². The van der Waals surface area contributed by atoms with Crippen LogP contribution in [0.3, 0.4) is 0 Å². The molecule has 0 N–H and O–H groups in total. The van der Waals surface area contributed by atoms with Crippen molar-refractivity contribution in [2.24, 2.45) is 0 Å². The number of nitriles is 1. The lowest BCUT2D eigenvalue weighted by Crippen LogP contribution is -2.38. The molecule has 1 saturated heterocycles. The molecule has 0 aromatic carbocycles. The van der Waals surface area contributed by atoms with Crippen LogP contribution in [0.5, 0.6) is 0 Å². The Morgan fingerprint density at radius 1 is 1.47 bits per heavy atom. The van der Waals surface area contributed by atoms with Gasteiger partial charge in [0.05, 0.1) is 11.9 Å². The van der Waals surface area contributed by atoms with Gasteiger partial charge >= 0.3 is 0 Å². The van der Waals surface area contributed by atoms with Crippen molar-refractivity contribution >= 4 is 5.69 Å². The molecule has 0 unspecified atom stereocenters. The average molecular weight is 201 g/mol. The summed E-state index contributed by atoms with van der Waals surface area (Å²) in [6.07, 6.45) is 4.24. The first-order valence-corrected chi connectivity index (χ1v) is 5.27. The van der Waals surface area contributed by atoms with E-state index >= 15 is 0 Å². The molecule has 3 nitrogen and oxygen atoms in total. The minimum atomic E-state index is 0.218. The van der Waals surface area contributed by atoms with Gasteiger partial charge in [-0.3, -0.25) is 0 Å². The lowest BCUT2D eigenvalue weighted by Gasteiger charge is -2.33. The van der Waals surface area contributed by atoms with Crippen LogP contribution >= 0.6 is 0 Å². The van der Waals surface area contributed by atoms with E-state index in [1.807, 2.05) is 12.1 Å². The number of hydrogen-bond donors (Lipinski definition) is 0. The third-order valence-corrected chi connectivity index (χ3v) is 3.08. The quantitative estimate of drug-likeness (QED) is 0.700. The van der Waals surface area contributed by atoms with Crippen molar-refractivity contribution in [2.75, 3.05) is 11.4 Å². The molecule has 1 fully saturated rings. The molecular formula is C12H15N3. The summed E-state index contributed by atoms with van der Waals surface area (Å²) in [5.41, 5.74) is 1.82. The maximum absolute atomic E-state index is 8.67. The largest absolute Gasteiger partial charge is 0.365 e. The highest BCUT2D eigenvalue weighted by Crippen LogP contribution is 2.32. The average Bonchev–Trinajstić information content (AvgIpc) is 2.58. The van der Waals surface area contributed by atoms with Gasteiger partial charge in [-0.1, -0.05) is 0 Å². The number of nitrogens with zero attached hydrogens (tertiary/aromatic N) is 3. The van der Waals surface area contributed by atoms with Crippen molar-refractivity contribution in [3.8, 4) is 6.07 Å². The third-order valence-electron chi connectivity index (χ3n) is 3.08. The highest BCUT2D eigenvalue weighted by atomic mass is 15.2. The van der Waals surface area contributed by atoms with E-state index in [0.29, 0.717) is 5.69 Å². The summed E-state index contributed by atoms with van der Waals surface area (Å²) in [4.78, 5) is 6.47. The first-order valence-electron chi connectivity index (χ1n) is 5.27. The minimum absolute atomic E-state index is 0.218. The number of rotatable bonds is 1. The van der Waals surface area contributed by atoms with Crippen molar-refractivity contribution in [2.45, 2.75) is 32.2 Å². The molecule has 0 atom stereocenters.